The molecule has 5 nitrogen and oxygen atoms in total. The summed E-state index contributed by atoms with van der Waals surface area (Å²) >= 11 is 0. The van der Waals surface area contributed by atoms with Gasteiger partial charge in [0.1, 0.15) is 0 Å². The van der Waals surface area contributed by atoms with Crippen molar-refractivity contribution in [1.29, 1.82) is 5.26 Å². The molecular formula is C11H19N3O2. The van der Waals surface area contributed by atoms with Crippen LogP contribution >= 0.6 is 0 Å². The maximum atomic E-state index is 11.3. The van der Waals surface area contributed by atoms with E-state index >= 15 is 0 Å². The number of hydrogen-bond donors (Lipinski definition) is 2. The first-order chi connectivity index (χ1) is 7.72. The van der Waals surface area contributed by atoms with Gasteiger partial charge in [0.25, 0.3) is 0 Å². The molecule has 1 aliphatic rings. The zero-order valence-corrected chi connectivity index (χ0v) is 9.66. The van der Waals surface area contributed by atoms with Gasteiger partial charge in [-0.3, -0.25) is 4.79 Å². The summed E-state index contributed by atoms with van der Waals surface area (Å²) in [6.45, 7) is 3.56. The minimum absolute atomic E-state index is 0.0469. The lowest BCUT2D eigenvalue weighted by atomic mass is 10.0. The molecule has 1 fully saturated rings. The quantitative estimate of drug-likeness (QED) is 0.654. The predicted octanol–water partition coefficient (Wildman–Crippen LogP) is 0.173. The lowest BCUT2D eigenvalue weighted by molar-refractivity contribution is -0.120. The van der Waals surface area contributed by atoms with Gasteiger partial charge in [-0.1, -0.05) is 0 Å². The molecule has 0 aliphatic carbocycles. The van der Waals surface area contributed by atoms with Gasteiger partial charge in [0.05, 0.1) is 25.1 Å². The van der Waals surface area contributed by atoms with E-state index in [1.807, 2.05) is 13.0 Å². The lowest BCUT2D eigenvalue weighted by Gasteiger charge is -2.27. The van der Waals surface area contributed by atoms with Gasteiger partial charge in [0.2, 0.25) is 5.91 Å². The van der Waals surface area contributed by atoms with E-state index in [0.29, 0.717) is 25.6 Å². The third-order valence-electron chi connectivity index (χ3n) is 2.60. The SMILES string of the molecule is CC1CC(NCC(=O)NCCC#N)CCO1. The van der Waals surface area contributed by atoms with Crippen LogP contribution in [0.25, 0.3) is 0 Å². The second-order valence-electron chi connectivity index (χ2n) is 4.04. The Kier molecular flexibility index (Phi) is 5.83. The molecule has 1 heterocycles. The summed E-state index contributed by atoms with van der Waals surface area (Å²) in [4.78, 5) is 11.3. The number of nitrogens with zero attached hydrogens (tertiary/aromatic N) is 1. The van der Waals surface area contributed by atoms with E-state index in [1.54, 1.807) is 0 Å². The molecule has 16 heavy (non-hydrogen) atoms. The number of ether oxygens (including phenoxy) is 1. The Balaban J connectivity index is 2.09. The average molecular weight is 225 g/mol. The molecule has 90 valence electrons. The van der Waals surface area contributed by atoms with Crippen LogP contribution in [-0.2, 0) is 9.53 Å². The van der Waals surface area contributed by atoms with Crippen molar-refractivity contribution in [2.45, 2.75) is 38.3 Å². The fourth-order valence-corrected chi connectivity index (χ4v) is 1.74. The Labute approximate surface area is 96.2 Å². The van der Waals surface area contributed by atoms with Crippen molar-refractivity contribution in [3.8, 4) is 6.07 Å². The molecule has 1 rings (SSSR count). The smallest absolute Gasteiger partial charge is 0.233 e. The maximum absolute atomic E-state index is 11.3. The van der Waals surface area contributed by atoms with Crippen molar-refractivity contribution >= 4 is 5.91 Å². The highest BCUT2D eigenvalue weighted by Gasteiger charge is 2.19. The van der Waals surface area contributed by atoms with Crippen molar-refractivity contribution in [2.75, 3.05) is 19.7 Å². The molecule has 1 aliphatic heterocycles. The Morgan fingerprint density at radius 2 is 2.44 bits per heavy atom. The first-order valence-corrected chi connectivity index (χ1v) is 5.71. The van der Waals surface area contributed by atoms with Gasteiger partial charge >= 0.3 is 0 Å². The number of amides is 1. The highest BCUT2D eigenvalue weighted by atomic mass is 16.5. The van der Waals surface area contributed by atoms with Crippen molar-refractivity contribution in [3.63, 3.8) is 0 Å². The van der Waals surface area contributed by atoms with E-state index in [0.717, 1.165) is 19.4 Å². The highest BCUT2D eigenvalue weighted by Crippen LogP contribution is 2.12. The third-order valence-corrected chi connectivity index (χ3v) is 2.60. The van der Waals surface area contributed by atoms with Crippen molar-refractivity contribution in [3.05, 3.63) is 0 Å². The minimum atomic E-state index is -0.0469. The van der Waals surface area contributed by atoms with Gasteiger partial charge in [-0.05, 0) is 19.8 Å². The van der Waals surface area contributed by atoms with Crippen molar-refractivity contribution < 1.29 is 9.53 Å². The van der Waals surface area contributed by atoms with E-state index in [-0.39, 0.29) is 12.0 Å². The number of nitrogens with one attached hydrogen (secondary N) is 2. The largest absolute Gasteiger partial charge is 0.378 e. The molecule has 0 bridgehead atoms. The van der Waals surface area contributed by atoms with Gasteiger partial charge in [0.15, 0.2) is 0 Å². The highest BCUT2D eigenvalue weighted by molar-refractivity contribution is 5.77. The summed E-state index contributed by atoms with van der Waals surface area (Å²) in [5.41, 5.74) is 0. The van der Waals surface area contributed by atoms with Gasteiger partial charge in [0, 0.05) is 19.2 Å². The van der Waals surface area contributed by atoms with Crippen LogP contribution in [0.3, 0.4) is 0 Å². The van der Waals surface area contributed by atoms with Crippen LogP contribution in [0.2, 0.25) is 0 Å². The zero-order chi connectivity index (χ0) is 11.8. The second-order valence-corrected chi connectivity index (χ2v) is 4.04. The molecule has 5 heteroatoms. The molecule has 2 atom stereocenters. The molecule has 0 aromatic heterocycles. The molecule has 2 unspecified atom stereocenters. The number of hydrogen-bond acceptors (Lipinski definition) is 4. The summed E-state index contributed by atoms with van der Waals surface area (Å²) in [5.74, 6) is -0.0469. The molecule has 0 aromatic rings. The lowest BCUT2D eigenvalue weighted by Crippen LogP contribution is -2.43. The molecule has 1 saturated heterocycles. The number of rotatable bonds is 5. The Hall–Kier alpha value is -1.12. The monoisotopic (exact) mass is 225 g/mol. The van der Waals surface area contributed by atoms with Crippen LogP contribution in [-0.4, -0.2) is 37.7 Å². The molecule has 0 aromatic carbocycles. The van der Waals surface area contributed by atoms with Gasteiger partial charge in [-0.25, -0.2) is 0 Å². The normalized spacial score (nSPS) is 24.8. The summed E-state index contributed by atoms with van der Waals surface area (Å²) < 4.78 is 5.42. The van der Waals surface area contributed by atoms with Crippen LogP contribution in [0.15, 0.2) is 0 Å². The number of carbonyl (C=O) groups is 1. The maximum Gasteiger partial charge on any atom is 0.233 e. The summed E-state index contributed by atoms with van der Waals surface area (Å²) in [5, 5.41) is 14.2. The average Bonchev–Trinajstić information content (AvgIpc) is 2.27. The molecular weight excluding hydrogens is 206 g/mol. The molecule has 0 radical (unpaired) electrons. The van der Waals surface area contributed by atoms with E-state index in [1.165, 1.54) is 0 Å². The van der Waals surface area contributed by atoms with Crippen molar-refractivity contribution in [1.82, 2.24) is 10.6 Å². The summed E-state index contributed by atoms with van der Waals surface area (Å²) in [7, 11) is 0. The Morgan fingerprint density at radius 1 is 1.62 bits per heavy atom. The van der Waals surface area contributed by atoms with E-state index < -0.39 is 0 Å². The van der Waals surface area contributed by atoms with Crippen LogP contribution < -0.4 is 10.6 Å². The fourth-order valence-electron chi connectivity index (χ4n) is 1.74. The van der Waals surface area contributed by atoms with E-state index in [4.69, 9.17) is 10.00 Å². The van der Waals surface area contributed by atoms with Crippen LogP contribution in [0, 0.1) is 11.3 Å². The Bertz CT molecular complexity index is 262. The first-order valence-electron chi connectivity index (χ1n) is 5.71. The second kappa shape index (κ2) is 7.20. The standard InChI is InChI=1S/C11H19N3O2/c1-9-7-10(3-6-16-9)14-8-11(15)13-5-2-4-12/h9-10,14H,2-3,5-8H2,1H3,(H,13,15). The van der Waals surface area contributed by atoms with Crippen LogP contribution in [0.5, 0.6) is 0 Å². The Morgan fingerprint density at radius 3 is 3.12 bits per heavy atom. The van der Waals surface area contributed by atoms with Crippen molar-refractivity contribution in [2.24, 2.45) is 0 Å². The minimum Gasteiger partial charge on any atom is -0.378 e. The van der Waals surface area contributed by atoms with E-state index in [9.17, 15) is 4.79 Å². The van der Waals surface area contributed by atoms with Crippen LogP contribution in [0.1, 0.15) is 26.2 Å². The molecule has 2 N–H and O–H groups in total. The first kappa shape index (κ1) is 12.9. The van der Waals surface area contributed by atoms with Gasteiger partial charge in [-0.15, -0.1) is 0 Å². The van der Waals surface area contributed by atoms with Gasteiger partial charge in [-0.2, -0.15) is 5.26 Å². The van der Waals surface area contributed by atoms with Gasteiger partial charge < -0.3 is 15.4 Å². The third kappa shape index (κ3) is 5.10. The number of nitriles is 1. The summed E-state index contributed by atoms with van der Waals surface area (Å²) in [6, 6.07) is 2.35. The predicted molar refractivity (Wildman–Crippen MR) is 59.7 cm³/mol. The fraction of sp³-hybridized carbons (Fsp3) is 0.818. The molecule has 1 amide bonds. The molecule has 0 saturated carbocycles. The number of carbonyl (C=O) groups excluding carboxylic acids is 1. The summed E-state index contributed by atoms with van der Waals surface area (Å²) in [6.07, 6.45) is 2.54. The van der Waals surface area contributed by atoms with Crippen LogP contribution in [0.4, 0.5) is 0 Å². The topological polar surface area (TPSA) is 74.2 Å². The molecule has 0 spiro atoms. The van der Waals surface area contributed by atoms with E-state index in [2.05, 4.69) is 10.6 Å². The zero-order valence-electron chi connectivity index (χ0n) is 9.66.